The number of carbonyl (C=O) groups is 2. The molecule has 0 atom stereocenters. The lowest BCUT2D eigenvalue weighted by Gasteiger charge is -2.44. The summed E-state index contributed by atoms with van der Waals surface area (Å²) in [6.45, 7) is 0.997. The Bertz CT molecular complexity index is 836. The van der Waals surface area contributed by atoms with Crippen LogP contribution >= 0.6 is 0 Å². The Labute approximate surface area is 146 Å². The van der Waals surface area contributed by atoms with E-state index in [-0.39, 0.29) is 22.0 Å². The summed E-state index contributed by atoms with van der Waals surface area (Å²) in [6.07, 6.45) is 2.40. The Kier molecular flexibility index (Phi) is 3.66. The highest BCUT2D eigenvalue weighted by atomic mass is 32.2. The van der Waals surface area contributed by atoms with Gasteiger partial charge in [0.2, 0.25) is 0 Å². The molecule has 1 aliphatic carbocycles. The molecule has 0 radical (unpaired) electrons. The summed E-state index contributed by atoms with van der Waals surface area (Å²) in [4.78, 5) is 26.4. The smallest absolute Gasteiger partial charge is 0.338 e. The number of carbonyl (C=O) groups excluding carboxylic acids is 2. The number of Topliss-reactive ketones (excluding diaryl/α,β-unsaturated/α-hetero) is 1. The summed E-state index contributed by atoms with van der Waals surface area (Å²) in [5.41, 5.74) is 0.427. The van der Waals surface area contributed by atoms with Crippen molar-refractivity contribution in [2.75, 3.05) is 31.7 Å². The van der Waals surface area contributed by atoms with Crippen LogP contribution in [-0.4, -0.2) is 51.3 Å². The van der Waals surface area contributed by atoms with Gasteiger partial charge in [-0.2, -0.15) is 0 Å². The largest absolute Gasteiger partial charge is 0.381 e. The first-order chi connectivity index (χ1) is 11.8. The average Bonchev–Trinajstić information content (AvgIpc) is 3.06. The third-order valence-corrected chi connectivity index (χ3v) is 7.36. The van der Waals surface area contributed by atoms with E-state index in [0.717, 1.165) is 25.9 Å². The second-order valence-corrected chi connectivity index (χ2v) is 9.03. The number of nitrogens with zero attached hydrogens (tertiary/aromatic N) is 2. The molecule has 2 fully saturated rings. The van der Waals surface area contributed by atoms with Crippen molar-refractivity contribution in [3.63, 3.8) is 0 Å². The number of amides is 2. The van der Waals surface area contributed by atoms with Crippen LogP contribution in [0, 0.1) is 11.3 Å². The van der Waals surface area contributed by atoms with E-state index in [1.54, 1.807) is 18.2 Å². The maximum absolute atomic E-state index is 12.8. The summed E-state index contributed by atoms with van der Waals surface area (Å²) in [5.74, 6) is -0.380. The van der Waals surface area contributed by atoms with E-state index in [4.69, 9.17) is 4.74 Å². The Hall–Kier alpha value is -1.93. The van der Waals surface area contributed by atoms with Gasteiger partial charge in [0.05, 0.1) is 18.8 Å². The van der Waals surface area contributed by atoms with Crippen LogP contribution in [0.15, 0.2) is 29.2 Å². The Morgan fingerprint density at radius 1 is 1.32 bits per heavy atom. The second-order valence-electron chi connectivity index (χ2n) is 7.20. The molecule has 2 aliphatic heterocycles. The van der Waals surface area contributed by atoms with Crippen LogP contribution in [0.1, 0.15) is 19.3 Å². The highest BCUT2D eigenvalue weighted by molar-refractivity contribution is 7.90. The fourth-order valence-corrected chi connectivity index (χ4v) is 5.63. The van der Waals surface area contributed by atoms with E-state index in [2.05, 4.69) is 0 Å². The maximum Gasteiger partial charge on any atom is 0.338 e. The number of hydrogen-bond donors (Lipinski definition) is 0. The van der Waals surface area contributed by atoms with E-state index >= 15 is 0 Å². The van der Waals surface area contributed by atoms with Crippen molar-refractivity contribution >= 4 is 27.5 Å². The van der Waals surface area contributed by atoms with Crippen molar-refractivity contribution in [1.82, 2.24) is 4.31 Å². The Balaban J connectivity index is 1.54. The monoisotopic (exact) mass is 364 g/mol. The molecule has 7 nitrogen and oxygen atoms in total. The lowest BCUT2D eigenvalue weighted by molar-refractivity contribution is -0.130. The molecule has 1 saturated carbocycles. The number of ketones is 1. The highest BCUT2D eigenvalue weighted by Crippen LogP contribution is 2.51. The van der Waals surface area contributed by atoms with Gasteiger partial charge in [-0.05, 0) is 36.8 Å². The van der Waals surface area contributed by atoms with Gasteiger partial charge in [-0.1, -0.05) is 12.1 Å². The molecule has 8 heteroatoms. The van der Waals surface area contributed by atoms with Crippen molar-refractivity contribution in [2.24, 2.45) is 11.3 Å². The minimum atomic E-state index is -4.01. The van der Waals surface area contributed by atoms with E-state index in [1.807, 2.05) is 0 Å². The molecule has 0 N–H and O–H groups in total. The van der Waals surface area contributed by atoms with Crippen LogP contribution < -0.4 is 4.90 Å². The van der Waals surface area contributed by atoms with Crippen LogP contribution in [0.25, 0.3) is 0 Å². The molecular formula is C17H20N2O5S. The summed E-state index contributed by atoms with van der Waals surface area (Å²) in [5, 5.41) is 0. The van der Waals surface area contributed by atoms with Gasteiger partial charge in [0.15, 0.2) is 5.78 Å². The average molecular weight is 364 g/mol. The summed E-state index contributed by atoms with van der Waals surface area (Å²) >= 11 is 0. The molecule has 1 aromatic rings. The molecule has 0 bridgehead atoms. The molecule has 134 valence electrons. The fraction of sp³-hybridized carbons (Fsp3) is 0.529. The van der Waals surface area contributed by atoms with Gasteiger partial charge in [-0.25, -0.2) is 17.5 Å². The SMILES string of the molecule is CN1C(=O)N(CC(=O)C2CC3(CCOC3)C2)S(=O)(=O)c2ccccc21. The normalized spacial score (nSPS) is 30.3. The van der Waals surface area contributed by atoms with Crippen molar-refractivity contribution in [2.45, 2.75) is 24.2 Å². The molecule has 1 saturated heterocycles. The number of urea groups is 1. The molecule has 2 heterocycles. The minimum absolute atomic E-state index is 0.0548. The van der Waals surface area contributed by atoms with Gasteiger partial charge in [0.1, 0.15) is 4.90 Å². The lowest BCUT2D eigenvalue weighted by atomic mass is 9.60. The summed E-state index contributed by atoms with van der Waals surface area (Å²) in [7, 11) is -2.49. The number of sulfonamides is 1. The molecule has 4 rings (SSSR count). The number of fused-ring (bicyclic) bond motifs is 1. The molecule has 1 aromatic carbocycles. The van der Waals surface area contributed by atoms with Gasteiger partial charge in [0.25, 0.3) is 10.0 Å². The molecular weight excluding hydrogens is 344 g/mol. The number of hydrogen-bond acceptors (Lipinski definition) is 5. The van der Waals surface area contributed by atoms with Crippen LogP contribution in [0.5, 0.6) is 0 Å². The quantitative estimate of drug-likeness (QED) is 0.814. The van der Waals surface area contributed by atoms with E-state index < -0.39 is 22.6 Å². The number of anilines is 1. The van der Waals surface area contributed by atoms with E-state index in [1.165, 1.54) is 18.0 Å². The number of ether oxygens (including phenoxy) is 1. The second kappa shape index (κ2) is 5.54. The predicted octanol–water partition coefficient (Wildman–Crippen LogP) is 1.63. The third-order valence-electron chi connectivity index (χ3n) is 5.59. The summed E-state index contributed by atoms with van der Waals surface area (Å²) in [6, 6.07) is 5.64. The standard InChI is InChI=1S/C17H20N2O5S/c1-18-13-4-2-3-5-15(13)25(22,23)19(16(18)21)10-14(20)12-8-17(9-12)6-7-24-11-17/h2-5,12H,6-11H2,1H3. The topological polar surface area (TPSA) is 84.0 Å². The number of para-hydroxylation sites is 1. The van der Waals surface area contributed by atoms with Gasteiger partial charge in [-0.3, -0.25) is 9.69 Å². The first kappa shape index (κ1) is 16.5. The van der Waals surface area contributed by atoms with Crippen molar-refractivity contribution < 1.29 is 22.7 Å². The Morgan fingerprint density at radius 2 is 2.04 bits per heavy atom. The third kappa shape index (κ3) is 2.46. The van der Waals surface area contributed by atoms with Crippen molar-refractivity contribution in [1.29, 1.82) is 0 Å². The molecule has 0 unspecified atom stereocenters. The zero-order valence-corrected chi connectivity index (χ0v) is 14.8. The molecule has 0 aromatic heterocycles. The van der Waals surface area contributed by atoms with Gasteiger partial charge >= 0.3 is 6.03 Å². The number of rotatable bonds is 3. The first-order valence-corrected chi connectivity index (χ1v) is 9.78. The number of benzene rings is 1. The Morgan fingerprint density at radius 3 is 2.72 bits per heavy atom. The highest BCUT2D eigenvalue weighted by Gasteiger charge is 2.50. The summed E-state index contributed by atoms with van der Waals surface area (Å²) < 4.78 is 31.7. The van der Waals surface area contributed by atoms with Crippen LogP contribution in [0.4, 0.5) is 10.5 Å². The van der Waals surface area contributed by atoms with Gasteiger partial charge < -0.3 is 4.74 Å². The molecule has 25 heavy (non-hydrogen) atoms. The zero-order chi connectivity index (χ0) is 17.8. The van der Waals surface area contributed by atoms with Crippen LogP contribution in [-0.2, 0) is 19.6 Å². The fourth-order valence-electron chi connectivity index (χ4n) is 4.05. The van der Waals surface area contributed by atoms with Crippen molar-refractivity contribution in [3.05, 3.63) is 24.3 Å². The zero-order valence-electron chi connectivity index (χ0n) is 14.0. The minimum Gasteiger partial charge on any atom is -0.381 e. The van der Waals surface area contributed by atoms with Gasteiger partial charge in [0, 0.05) is 19.6 Å². The van der Waals surface area contributed by atoms with E-state index in [0.29, 0.717) is 16.6 Å². The van der Waals surface area contributed by atoms with Crippen molar-refractivity contribution in [3.8, 4) is 0 Å². The molecule has 1 spiro atoms. The van der Waals surface area contributed by atoms with E-state index in [9.17, 15) is 18.0 Å². The predicted molar refractivity (Wildman–Crippen MR) is 89.7 cm³/mol. The first-order valence-electron chi connectivity index (χ1n) is 8.34. The molecule has 2 amide bonds. The van der Waals surface area contributed by atoms with Gasteiger partial charge in [-0.15, -0.1) is 0 Å². The molecule has 3 aliphatic rings. The van der Waals surface area contributed by atoms with Crippen LogP contribution in [0.2, 0.25) is 0 Å². The van der Waals surface area contributed by atoms with Crippen LogP contribution in [0.3, 0.4) is 0 Å². The lowest BCUT2D eigenvalue weighted by Crippen LogP contribution is -2.53. The maximum atomic E-state index is 12.8.